The van der Waals surface area contributed by atoms with Gasteiger partial charge in [0.05, 0.1) is 12.5 Å². The van der Waals surface area contributed by atoms with Gasteiger partial charge in [-0.25, -0.2) is 0 Å². The highest BCUT2D eigenvalue weighted by atomic mass is 16.5. The van der Waals surface area contributed by atoms with Crippen LogP contribution in [0.4, 0.5) is 0 Å². The first kappa shape index (κ1) is 19.7. The quantitative estimate of drug-likeness (QED) is 0.304. The van der Waals surface area contributed by atoms with E-state index in [1.165, 1.54) is 0 Å². The number of carbonyl (C=O) groups excluding carboxylic acids is 1. The van der Waals surface area contributed by atoms with Crippen LogP contribution in [0.5, 0.6) is 0 Å². The number of nitrogens with one attached hydrogen (secondary N) is 1. The molecule has 0 atom stereocenters. The largest absolute Gasteiger partial charge is 0.466 e. The molecule has 1 fully saturated rings. The number of ether oxygens (including phenoxy) is 2. The van der Waals surface area contributed by atoms with Crippen LogP contribution in [-0.4, -0.2) is 63.3 Å². The third kappa shape index (κ3) is 7.68. The van der Waals surface area contributed by atoms with Gasteiger partial charge in [0.1, 0.15) is 0 Å². The van der Waals surface area contributed by atoms with Gasteiger partial charge in [0.25, 0.3) is 0 Å². The third-order valence-corrected chi connectivity index (χ3v) is 4.02. The summed E-state index contributed by atoms with van der Waals surface area (Å²) in [6.45, 7) is 8.65. The maximum atomic E-state index is 11.8. The molecule has 0 aliphatic carbocycles. The molecule has 1 aliphatic rings. The van der Waals surface area contributed by atoms with E-state index in [2.05, 4.69) is 17.1 Å². The smallest absolute Gasteiger partial charge is 0.309 e. The van der Waals surface area contributed by atoms with Crippen molar-refractivity contribution < 1.29 is 14.3 Å². The highest BCUT2D eigenvalue weighted by Crippen LogP contribution is 2.18. The van der Waals surface area contributed by atoms with Crippen molar-refractivity contribution in [2.24, 2.45) is 10.9 Å². The SMILES string of the molecule is CCNC(=NCCCCCOC)N1CCC(C(=O)OCC)CC1. The van der Waals surface area contributed by atoms with Gasteiger partial charge in [0.15, 0.2) is 5.96 Å². The Balaban J connectivity index is 2.38. The van der Waals surface area contributed by atoms with Gasteiger partial charge in [0.2, 0.25) is 0 Å². The molecular weight excluding hydrogens is 294 g/mol. The third-order valence-electron chi connectivity index (χ3n) is 4.02. The zero-order valence-electron chi connectivity index (χ0n) is 15.0. The highest BCUT2D eigenvalue weighted by molar-refractivity contribution is 5.80. The summed E-state index contributed by atoms with van der Waals surface area (Å²) < 4.78 is 10.2. The number of nitrogens with zero attached hydrogens (tertiary/aromatic N) is 2. The number of guanidine groups is 1. The number of esters is 1. The number of hydrogen-bond donors (Lipinski definition) is 1. The lowest BCUT2D eigenvalue weighted by atomic mass is 9.97. The Bertz CT molecular complexity index is 353. The van der Waals surface area contributed by atoms with Gasteiger partial charge in [-0.05, 0) is 46.0 Å². The van der Waals surface area contributed by atoms with Crippen molar-refractivity contribution >= 4 is 11.9 Å². The molecule has 1 heterocycles. The molecule has 1 N–H and O–H groups in total. The Morgan fingerprint density at radius 1 is 1.22 bits per heavy atom. The molecule has 1 aliphatic heterocycles. The molecule has 1 saturated heterocycles. The number of carbonyl (C=O) groups is 1. The van der Waals surface area contributed by atoms with Crippen molar-refractivity contribution in [3.8, 4) is 0 Å². The molecule has 6 heteroatoms. The van der Waals surface area contributed by atoms with Gasteiger partial charge in [-0.2, -0.15) is 0 Å². The number of aliphatic imine (C=N–C) groups is 1. The van der Waals surface area contributed by atoms with Crippen LogP contribution in [0.1, 0.15) is 46.0 Å². The van der Waals surface area contributed by atoms with E-state index in [0.717, 1.165) is 70.8 Å². The summed E-state index contributed by atoms with van der Waals surface area (Å²) in [4.78, 5) is 18.8. The van der Waals surface area contributed by atoms with Gasteiger partial charge in [-0.1, -0.05) is 0 Å². The normalized spacial score (nSPS) is 16.5. The van der Waals surface area contributed by atoms with E-state index in [4.69, 9.17) is 14.5 Å². The topological polar surface area (TPSA) is 63.2 Å². The molecule has 0 bridgehead atoms. The van der Waals surface area contributed by atoms with Crippen LogP contribution < -0.4 is 5.32 Å². The van der Waals surface area contributed by atoms with Crippen LogP contribution in [0.15, 0.2) is 4.99 Å². The fourth-order valence-electron chi connectivity index (χ4n) is 2.73. The van der Waals surface area contributed by atoms with Gasteiger partial charge in [0, 0.05) is 39.9 Å². The number of methoxy groups -OCH3 is 1. The van der Waals surface area contributed by atoms with Crippen molar-refractivity contribution in [2.45, 2.75) is 46.0 Å². The lowest BCUT2D eigenvalue weighted by molar-refractivity contribution is -0.149. The van der Waals surface area contributed by atoms with Gasteiger partial charge >= 0.3 is 5.97 Å². The highest BCUT2D eigenvalue weighted by Gasteiger charge is 2.27. The van der Waals surface area contributed by atoms with Gasteiger partial charge in [-0.3, -0.25) is 9.79 Å². The standard InChI is InChI=1S/C17H33N3O3/c1-4-18-17(19-11-7-6-8-14-22-3)20-12-9-15(10-13-20)16(21)23-5-2/h15H,4-14H2,1-3H3,(H,18,19). The zero-order valence-corrected chi connectivity index (χ0v) is 15.0. The second-order valence-electron chi connectivity index (χ2n) is 5.80. The molecule has 0 aromatic carbocycles. The average Bonchev–Trinajstić information content (AvgIpc) is 2.57. The first-order valence-electron chi connectivity index (χ1n) is 8.91. The molecule has 0 aromatic rings. The van der Waals surface area contributed by atoms with Crippen molar-refractivity contribution in [3.63, 3.8) is 0 Å². The van der Waals surface area contributed by atoms with Crippen LogP contribution in [-0.2, 0) is 14.3 Å². The van der Waals surface area contributed by atoms with Crippen molar-refractivity contribution in [1.82, 2.24) is 10.2 Å². The Kier molecular flexibility index (Phi) is 10.4. The van der Waals surface area contributed by atoms with Crippen LogP contribution in [0.25, 0.3) is 0 Å². The van der Waals surface area contributed by atoms with Crippen molar-refractivity contribution in [1.29, 1.82) is 0 Å². The van der Waals surface area contributed by atoms with Crippen molar-refractivity contribution in [2.75, 3.05) is 46.5 Å². The van der Waals surface area contributed by atoms with Gasteiger partial charge < -0.3 is 19.7 Å². The van der Waals surface area contributed by atoms with E-state index in [0.29, 0.717) is 6.61 Å². The first-order valence-corrected chi connectivity index (χ1v) is 8.91. The molecule has 23 heavy (non-hydrogen) atoms. The summed E-state index contributed by atoms with van der Waals surface area (Å²) in [6.07, 6.45) is 5.00. The van der Waals surface area contributed by atoms with Crippen LogP contribution in [0.3, 0.4) is 0 Å². The molecule has 0 saturated carbocycles. The van der Waals surface area contributed by atoms with Gasteiger partial charge in [-0.15, -0.1) is 0 Å². The number of rotatable bonds is 9. The van der Waals surface area contributed by atoms with E-state index >= 15 is 0 Å². The molecule has 0 amide bonds. The minimum absolute atomic E-state index is 0.0446. The average molecular weight is 327 g/mol. The Morgan fingerprint density at radius 2 is 1.96 bits per heavy atom. The Labute approximate surface area is 140 Å². The minimum atomic E-state index is -0.0489. The Morgan fingerprint density at radius 3 is 2.57 bits per heavy atom. The molecule has 0 radical (unpaired) electrons. The second-order valence-corrected chi connectivity index (χ2v) is 5.80. The fraction of sp³-hybridized carbons (Fsp3) is 0.882. The predicted octanol–water partition coefficient (Wildman–Crippen LogP) is 2.04. The summed E-state index contributed by atoms with van der Waals surface area (Å²) in [6, 6.07) is 0. The lowest BCUT2D eigenvalue weighted by Gasteiger charge is -2.33. The lowest BCUT2D eigenvalue weighted by Crippen LogP contribution is -2.46. The van der Waals surface area contributed by atoms with E-state index in [-0.39, 0.29) is 11.9 Å². The van der Waals surface area contributed by atoms with Crippen LogP contribution in [0.2, 0.25) is 0 Å². The monoisotopic (exact) mass is 327 g/mol. The summed E-state index contributed by atoms with van der Waals surface area (Å²) >= 11 is 0. The van der Waals surface area contributed by atoms with Crippen LogP contribution >= 0.6 is 0 Å². The van der Waals surface area contributed by atoms with Crippen LogP contribution in [0, 0.1) is 5.92 Å². The maximum Gasteiger partial charge on any atom is 0.309 e. The molecular formula is C17H33N3O3. The first-order chi connectivity index (χ1) is 11.2. The summed E-state index contributed by atoms with van der Waals surface area (Å²) in [5, 5.41) is 3.36. The summed E-state index contributed by atoms with van der Waals surface area (Å²) in [7, 11) is 1.74. The summed E-state index contributed by atoms with van der Waals surface area (Å²) in [5.74, 6) is 0.969. The van der Waals surface area contributed by atoms with E-state index in [1.54, 1.807) is 7.11 Å². The fourth-order valence-corrected chi connectivity index (χ4v) is 2.73. The maximum absolute atomic E-state index is 11.8. The minimum Gasteiger partial charge on any atom is -0.466 e. The molecule has 6 nitrogen and oxygen atoms in total. The molecule has 0 aromatic heterocycles. The number of likely N-dealkylation sites (tertiary alicyclic amines) is 1. The Hall–Kier alpha value is -1.30. The van der Waals surface area contributed by atoms with E-state index in [1.807, 2.05) is 6.92 Å². The van der Waals surface area contributed by atoms with E-state index < -0.39 is 0 Å². The molecule has 0 spiro atoms. The number of hydrogen-bond acceptors (Lipinski definition) is 4. The second kappa shape index (κ2) is 12.2. The summed E-state index contributed by atoms with van der Waals surface area (Å²) in [5.41, 5.74) is 0. The predicted molar refractivity (Wildman–Crippen MR) is 92.6 cm³/mol. The molecule has 1 rings (SSSR count). The van der Waals surface area contributed by atoms with E-state index in [9.17, 15) is 4.79 Å². The zero-order chi connectivity index (χ0) is 16.9. The number of piperidine rings is 1. The molecule has 0 unspecified atom stereocenters. The number of unbranched alkanes of at least 4 members (excludes halogenated alkanes) is 2. The molecule has 134 valence electrons. The van der Waals surface area contributed by atoms with Crippen molar-refractivity contribution in [3.05, 3.63) is 0 Å².